The van der Waals surface area contributed by atoms with Crippen LogP contribution in [0.15, 0.2) is 18.2 Å². The van der Waals surface area contributed by atoms with Crippen molar-refractivity contribution in [2.45, 2.75) is 0 Å². The van der Waals surface area contributed by atoms with Crippen molar-refractivity contribution >= 4 is 39.8 Å². The average molecular weight is 214 g/mol. The first-order chi connectivity index (χ1) is 6.18. The van der Waals surface area contributed by atoms with Crippen LogP contribution in [0.25, 0.3) is 10.9 Å². The lowest BCUT2D eigenvalue weighted by atomic mass is 10.2. The van der Waals surface area contributed by atoms with Gasteiger partial charge in [-0.2, -0.15) is 0 Å². The van der Waals surface area contributed by atoms with E-state index in [0.717, 1.165) is 0 Å². The Morgan fingerprint density at radius 1 is 1.15 bits per heavy atom. The van der Waals surface area contributed by atoms with Crippen LogP contribution >= 0.6 is 23.2 Å². The van der Waals surface area contributed by atoms with Crippen LogP contribution in [0.2, 0.25) is 10.4 Å². The molecule has 5 heteroatoms. The molecule has 2 N–H and O–H groups in total. The lowest BCUT2D eigenvalue weighted by molar-refractivity contribution is 1.22. The number of hydrogen-bond acceptors (Lipinski definition) is 3. The maximum Gasteiger partial charge on any atom is 0.224 e. The molecule has 0 aliphatic carbocycles. The number of rotatable bonds is 0. The second kappa shape index (κ2) is 3.01. The first kappa shape index (κ1) is 8.53. The number of halogens is 2. The summed E-state index contributed by atoms with van der Waals surface area (Å²) in [4.78, 5) is 7.79. The van der Waals surface area contributed by atoms with Gasteiger partial charge in [-0.1, -0.05) is 17.7 Å². The van der Waals surface area contributed by atoms with E-state index in [4.69, 9.17) is 28.9 Å². The third-order valence-corrected chi connectivity index (χ3v) is 2.13. The Kier molecular flexibility index (Phi) is 1.98. The molecule has 13 heavy (non-hydrogen) atoms. The first-order valence-corrected chi connectivity index (χ1v) is 4.31. The fraction of sp³-hybridized carbons (Fsp3) is 0. The molecule has 1 heterocycles. The number of nitrogens with two attached hydrogens (primary N) is 1. The lowest BCUT2D eigenvalue weighted by Gasteiger charge is -2.02. The molecular weight excluding hydrogens is 209 g/mol. The van der Waals surface area contributed by atoms with Gasteiger partial charge in [0.15, 0.2) is 0 Å². The van der Waals surface area contributed by atoms with Crippen molar-refractivity contribution in [1.82, 2.24) is 9.97 Å². The fourth-order valence-corrected chi connectivity index (χ4v) is 1.64. The predicted octanol–water partition coefficient (Wildman–Crippen LogP) is 2.52. The van der Waals surface area contributed by atoms with Crippen LogP contribution < -0.4 is 5.73 Å². The predicted molar refractivity (Wildman–Crippen MR) is 54.0 cm³/mol. The van der Waals surface area contributed by atoms with E-state index in [9.17, 15) is 0 Å². The van der Waals surface area contributed by atoms with Crippen molar-refractivity contribution in [3.8, 4) is 0 Å². The minimum atomic E-state index is 0.128. The summed E-state index contributed by atoms with van der Waals surface area (Å²) in [6.07, 6.45) is 0. The Balaban J connectivity index is 2.94. The van der Waals surface area contributed by atoms with Gasteiger partial charge in [-0.05, 0) is 23.7 Å². The van der Waals surface area contributed by atoms with Gasteiger partial charge >= 0.3 is 0 Å². The number of nitrogen functional groups attached to an aromatic ring is 1. The number of anilines is 1. The van der Waals surface area contributed by atoms with Crippen molar-refractivity contribution in [3.05, 3.63) is 28.6 Å². The SMILES string of the molecule is Nc1cccc2nc(Cl)nc(Cl)c12. The number of nitrogens with zero attached hydrogens (tertiary/aromatic N) is 2. The molecule has 0 atom stereocenters. The molecule has 0 unspecified atom stereocenters. The Hall–Kier alpha value is -1.06. The molecule has 2 rings (SSSR count). The second-order valence-electron chi connectivity index (χ2n) is 2.52. The van der Waals surface area contributed by atoms with Gasteiger partial charge in [0.1, 0.15) is 5.15 Å². The zero-order valence-corrected chi connectivity index (χ0v) is 7.97. The van der Waals surface area contributed by atoms with Gasteiger partial charge < -0.3 is 5.73 Å². The smallest absolute Gasteiger partial charge is 0.224 e. The third-order valence-electron chi connectivity index (χ3n) is 1.68. The van der Waals surface area contributed by atoms with Crippen LogP contribution in [0.3, 0.4) is 0 Å². The number of fused-ring (bicyclic) bond motifs is 1. The van der Waals surface area contributed by atoms with Crippen molar-refractivity contribution in [2.75, 3.05) is 5.73 Å². The molecule has 0 saturated heterocycles. The minimum Gasteiger partial charge on any atom is -0.398 e. The highest BCUT2D eigenvalue weighted by atomic mass is 35.5. The fourth-order valence-electron chi connectivity index (χ4n) is 1.14. The van der Waals surface area contributed by atoms with Crippen LogP contribution in [0, 0.1) is 0 Å². The Bertz CT molecular complexity index is 470. The van der Waals surface area contributed by atoms with Crippen LogP contribution in [0.5, 0.6) is 0 Å². The zero-order valence-electron chi connectivity index (χ0n) is 6.46. The normalized spacial score (nSPS) is 10.6. The molecule has 0 saturated carbocycles. The summed E-state index contributed by atoms with van der Waals surface area (Å²) < 4.78 is 0. The second-order valence-corrected chi connectivity index (χ2v) is 3.22. The van der Waals surface area contributed by atoms with E-state index in [1.165, 1.54) is 0 Å². The van der Waals surface area contributed by atoms with Gasteiger partial charge in [-0.15, -0.1) is 0 Å². The van der Waals surface area contributed by atoms with E-state index >= 15 is 0 Å². The van der Waals surface area contributed by atoms with E-state index in [2.05, 4.69) is 9.97 Å². The molecule has 1 aromatic carbocycles. The monoisotopic (exact) mass is 213 g/mol. The van der Waals surface area contributed by atoms with Gasteiger partial charge in [0.05, 0.1) is 10.9 Å². The Morgan fingerprint density at radius 3 is 2.69 bits per heavy atom. The van der Waals surface area contributed by atoms with Gasteiger partial charge in [0, 0.05) is 5.69 Å². The van der Waals surface area contributed by atoms with E-state index in [-0.39, 0.29) is 10.4 Å². The van der Waals surface area contributed by atoms with Crippen molar-refractivity contribution in [2.24, 2.45) is 0 Å². The quantitative estimate of drug-likeness (QED) is 0.416. The lowest BCUT2D eigenvalue weighted by Crippen LogP contribution is -1.92. The maximum atomic E-state index is 5.85. The van der Waals surface area contributed by atoms with Crippen LogP contribution in [-0.4, -0.2) is 9.97 Å². The molecule has 0 aliphatic heterocycles. The van der Waals surface area contributed by atoms with Crippen LogP contribution in [0.1, 0.15) is 0 Å². The summed E-state index contributed by atoms with van der Waals surface area (Å²) in [5, 5.41) is 1.06. The van der Waals surface area contributed by atoms with Crippen LogP contribution in [0.4, 0.5) is 5.69 Å². The number of aromatic nitrogens is 2. The van der Waals surface area contributed by atoms with Gasteiger partial charge in [0.25, 0.3) is 0 Å². The maximum absolute atomic E-state index is 5.85. The molecule has 1 aromatic heterocycles. The largest absolute Gasteiger partial charge is 0.398 e. The molecular formula is C8H5Cl2N3. The highest BCUT2D eigenvalue weighted by Crippen LogP contribution is 2.26. The molecule has 3 nitrogen and oxygen atoms in total. The molecule has 0 spiro atoms. The summed E-state index contributed by atoms with van der Waals surface area (Å²) in [6.45, 7) is 0. The van der Waals surface area contributed by atoms with Crippen molar-refractivity contribution in [1.29, 1.82) is 0 Å². The third kappa shape index (κ3) is 1.41. The number of benzene rings is 1. The van der Waals surface area contributed by atoms with Crippen molar-refractivity contribution in [3.63, 3.8) is 0 Å². The standard InChI is InChI=1S/C8H5Cl2N3/c9-7-6-4(11)2-1-3-5(6)12-8(10)13-7/h1-3H,11H2. The Labute approximate surface area is 84.5 Å². The molecule has 0 bridgehead atoms. The van der Waals surface area contributed by atoms with Gasteiger partial charge in [-0.3, -0.25) is 0 Å². The molecule has 66 valence electrons. The van der Waals surface area contributed by atoms with E-state index in [1.54, 1.807) is 18.2 Å². The summed E-state index contributed by atoms with van der Waals surface area (Å²) in [5.74, 6) is 0. The molecule has 2 aromatic rings. The molecule has 0 aliphatic rings. The van der Waals surface area contributed by atoms with Gasteiger partial charge in [0.2, 0.25) is 5.28 Å². The summed E-state index contributed by atoms with van der Waals surface area (Å²) >= 11 is 11.5. The summed E-state index contributed by atoms with van der Waals surface area (Å²) in [6, 6.07) is 5.31. The van der Waals surface area contributed by atoms with Crippen LogP contribution in [-0.2, 0) is 0 Å². The minimum absolute atomic E-state index is 0.128. The van der Waals surface area contributed by atoms with Gasteiger partial charge in [-0.25, -0.2) is 9.97 Å². The van der Waals surface area contributed by atoms with E-state index in [1.807, 2.05) is 0 Å². The molecule has 0 fully saturated rings. The first-order valence-electron chi connectivity index (χ1n) is 3.56. The summed E-state index contributed by atoms with van der Waals surface area (Å²) in [7, 11) is 0. The van der Waals surface area contributed by atoms with E-state index < -0.39 is 0 Å². The Morgan fingerprint density at radius 2 is 1.92 bits per heavy atom. The summed E-state index contributed by atoms with van der Waals surface area (Å²) in [5.41, 5.74) is 6.91. The molecule has 0 radical (unpaired) electrons. The number of hydrogen-bond donors (Lipinski definition) is 1. The van der Waals surface area contributed by atoms with E-state index in [0.29, 0.717) is 16.6 Å². The molecule has 0 amide bonds. The average Bonchev–Trinajstić information content (AvgIpc) is 2.02. The topological polar surface area (TPSA) is 51.8 Å². The zero-order chi connectivity index (χ0) is 9.42. The van der Waals surface area contributed by atoms with Crippen molar-refractivity contribution < 1.29 is 0 Å². The highest BCUT2D eigenvalue weighted by Gasteiger charge is 2.06. The highest BCUT2D eigenvalue weighted by molar-refractivity contribution is 6.36.